The van der Waals surface area contributed by atoms with E-state index in [1.165, 1.54) is 17.0 Å². The van der Waals surface area contributed by atoms with E-state index in [0.717, 1.165) is 6.33 Å². The first-order chi connectivity index (χ1) is 14.0. The summed E-state index contributed by atoms with van der Waals surface area (Å²) in [5.41, 5.74) is 4.50. The highest BCUT2D eigenvalue weighted by Gasteiger charge is 2.27. The maximum Gasteiger partial charge on any atom is 0.355 e. The highest BCUT2D eigenvalue weighted by Crippen LogP contribution is 2.31. The van der Waals surface area contributed by atoms with E-state index in [-0.39, 0.29) is 43.1 Å². The Kier molecular flexibility index (Phi) is 7.65. The van der Waals surface area contributed by atoms with Gasteiger partial charge in [0.05, 0.1) is 29.9 Å². The number of amides is 1. The number of benzene rings is 1. The molecule has 0 aliphatic carbocycles. The molecule has 1 heterocycles. The number of hydrogen-bond acceptors (Lipinski definition) is 9. The minimum atomic E-state index is -0.699. The molecule has 2 aromatic rings. The second kappa shape index (κ2) is 10.4. The predicted octanol–water partition coefficient (Wildman–Crippen LogP) is 2.43. The summed E-state index contributed by atoms with van der Waals surface area (Å²) < 4.78 is 0. The molecule has 0 bridgehead atoms. The van der Waals surface area contributed by atoms with Crippen molar-refractivity contribution < 1.29 is 9.72 Å². The number of anilines is 2. The summed E-state index contributed by atoms with van der Waals surface area (Å²) in [6.45, 7) is 0.286. The van der Waals surface area contributed by atoms with Crippen LogP contribution in [0, 0.1) is 32.8 Å². The lowest BCUT2D eigenvalue weighted by molar-refractivity contribution is -0.383. The van der Waals surface area contributed by atoms with Crippen LogP contribution >= 0.6 is 11.6 Å². The van der Waals surface area contributed by atoms with Gasteiger partial charge in [-0.3, -0.25) is 25.8 Å². The number of nitrogens with one attached hydrogen (secondary N) is 2. The standard InChI is InChI=1S/C17H15ClN8O3/c18-13-5-1-4-12(10-13)17(27)24-23-15-14(26(28)29)16(22-11-21-15)25(8-2-6-19)9-3-7-20/h1,4-5,10-11H,2-3,8-9H2,(H,24,27)(H,21,22,23). The average Bonchev–Trinajstić information content (AvgIpc) is 2.71. The average molecular weight is 415 g/mol. The van der Waals surface area contributed by atoms with E-state index in [1.807, 2.05) is 12.1 Å². The smallest absolute Gasteiger partial charge is 0.349 e. The fraction of sp³-hybridized carbons (Fsp3) is 0.235. The molecule has 0 unspecified atom stereocenters. The predicted molar refractivity (Wildman–Crippen MR) is 104 cm³/mol. The molecule has 148 valence electrons. The second-order valence-electron chi connectivity index (χ2n) is 5.54. The molecule has 0 saturated heterocycles. The van der Waals surface area contributed by atoms with Crippen molar-refractivity contribution in [2.24, 2.45) is 0 Å². The molecule has 1 amide bonds. The lowest BCUT2D eigenvalue weighted by Gasteiger charge is -2.21. The van der Waals surface area contributed by atoms with E-state index in [2.05, 4.69) is 20.8 Å². The van der Waals surface area contributed by atoms with Gasteiger partial charge in [-0.25, -0.2) is 9.97 Å². The summed E-state index contributed by atoms with van der Waals surface area (Å²) >= 11 is 5.85. The third-order valence-corrected chi connectivity index (χ3v) is 3.89. The van der Waals surface area contributed by atoms with E-state index in [0.29, 0.717) is 5.02 Å². The van der Waals surface area contributed by atoms with Crippen molar-refractivity contribution in [1.82, 2.24) is 15.4 Å². The summed E-state index contributed by atoms with van der Waals surface area (Å²) in [6, 6.07) is 10.0. The largest absolute Gasteiger partial charge is 0.355 e. The molecule has 2 N–H and O–H groups in total. The van der Waals surface area contributed by atoms with Crippen molar-refractivity contribution in [2.45, 2.75) is 12.8 Å². The van der Waals surface area contributed by atoms with Crippen LogP contribution in [0.25, 0.3) is 0 Å². The number of nitriles is 2. The minimum Gasteiger partial charge on any atom is -0.349 e. The van der Waals surface area contributed by atoms with E-state index in [9.17, 15) is 14.9 Å². The van der Waals surface area contributed by atoms with Crippen LogP contribution in [0.1, 0.15) is 23.2 Å². The van der Waals surface area contributed by atoms with Gasteiger partial charge in [0, 0.05) is 23.7 Å². The molecule has 0 fully saturated rings. The number of hydrazine groups is 1. The zero-order valence-electron chi connectivity index (χ0n) is 15.0. The molecule has 0 aliphatic heterocycles. The molecule has 1 aromatic carbocycles. The van der Waals surface area contributed by atoms with Gasteiger partial charge in [-0.15, -0.1) is 0 Å². The molecule has 11 nitrogen and oxygen atoms in total. The fourth-order valence-electron chi connectivity index (χ4n) is 2.37. The Bertz CT molecular complexity index is 967. The fourth-order valence-corrected chi connectivity index (χ4v) is 2.56. The maximum absolute atomic E-state index is 12.2. The van der Waals surface area contributed by atoms with Crippen LogP contribution in [0.3, 0.4) is 0 Å². The Balaban J connectivity index is 2.29. The summed E-state index contributed by atoms with van der Waals surface area (Å²) in [5, 5.41) is 29.6. The Morgan fingerprint density at radius 3 is 2.52 bits per heavy atom. The maximum atomic E-state index is 12.2. The van der Waals surface area contributed by atoms with Crippen LogP contribution in [0.5, 0.6) is 0 Å². The summed E-state index contributed by atoms with van der Waals surface area (Å²) in [4.78, 5) is 32.4. The van der Waals surface area contributed by atoms with Gasteiger partial charge in [0.2, 0.25) is 11.6 Å². The first kappa shape index (κ1) is 21.3. The Hall–Kier alpha value is -3.96. The van der Waals surface area contributed by atoms with Gasteiger partial charge in [-0.2, -0.15) is 10.5 Å². The Morgan fingerprint density at radius 2 is 1.93 bits per heavy atom. The first-order valence-corrected chi connectivity index (χ1v) is 8.66. The van der Waals surface area contributed by atoms with E-state index < -0.39 is 16.5 Å². The number of rotatable bonds is 9. The number of halogens is 1. The Morgan fingerprint density at radius 1 is 1.24 bits per heavy atom. The summed E-state index contributed by atoms with van der Waals surface area (Å²) in [6.07, 6.45) is 1.25. The van der Waals surface area contributed by atoms with Crippen LogP contribution in [-0.2, 0) is 0 Å². The second-order valence-corrected chi connectivity index (χ2v) is 5.98. The number of carbonyl (C=O) groups excluding carboxylic acids is 1. The topological polar surface area (TPSA) is 161 Å². The third-order valence-electron chi connectivity index (χ3n) is 3.65. The highest BCUT2D eigenvalue weighted by atomic mass is 35.5. The molecule has 0 saturated carbocycles. The summed E-state index contributed by atoms with van der Waals surface area (Å²) in [7, 11) is 0. The van der Waals surface area contributed by atoms with Crippen molar-refractivity contribution in [3.05, 3.63) is 51.3 Å². The quantitative estimate of drug-likeness (QED) is 0.463. The summed E-state index contributed by atoms with van der Waals surface area (Å²) in [5.74, 6) is -0.878. The number of aromatic nitrogens is 2. The Labute approximate surface area is 170 Å². The van der Waals surface area contributed by atoms with Crippen LogP contribution < -0.4 is 15.8 Å². The molecular weight excluding hydrogens is 400 g/mol. The molecule has 2 rings (SSSR count). The zero-order valence-corrected chi connectivity index (χ0v) is 15.8. The van der Waals surface area contributed by atoms with E-state index in [1.54, 1.807) is 12.1 Å². The minimum absolute atomic E-state index is 0.0602. The van der Waals surface area contributed by atoms with Gasteiger partial charge in [-0.05, 0) is 18.2 Å². The molecule has 0 aliphatic rings. The van der Waals surface area contributed by atoms with Crippen molar-refractivity contribution in [2.75, 3.05) is 23.4 Å². The van der Waals surface area contributed by atoms with Crippen LogP contribution in [-0.4, -0.2) is 33.9 Å². The molecule has 0 atom stereocenters. The SMILES string of the molecule is N#CCCN(CCC#N)c1ncnc(NNC(=O)c2cccc(Cl)c2)c1[N+](=O)[O-]. The molecule has 1 aromatic heterocycles. The van der Waals surface area contributed by atoms with Gasteiger partial charge in [0.25, 0.3) is 5.91 Å². The molecule has 29 heavy (non-hydrogen) atoms. The number of nitrogens with zero attached hydrogens (tertiary/aromatic N) is 6. The van der Waals surface area contributed by atoms with Crippen molar-refractivity contribution in [3.63, 3.8) is 0 Å². The van der Waals surface area contributed by atoms with Crippen molar-refractivity contribution >= 4 is 34.8 Å². The lowest BCUT2D eigenvalue weighted by Crippen LogP contribution is -2.31. The van der Waals surface area contributed by atoms with Crippen LogP contribution in [0.2, 0.25) is 5.02 Å². The molecule has 0 radical (unpaired) electrons. The highest BCUT2D eigenvalue weighted by molar-refractivity contribution is 6.30. The molecule has 0 spiro atoms. The normalized spacial score (nSPS) is 9.76. The van der Waals surface area contributed by atoms with E-state index in [4.69, 9.17) is 22.1 Å². The van der Waals surface area contributed by atoms with Gasteiger partial charge >= 0.3 is 5.69 Å². The number of carbonyl (C=O) groups is 1. The molecule has 12 heteroatoms. The number of hydrogen-bond donors (Lipinski definition) is 2. The zero-order chi connectivity index (χ0) is 21.2. The van der Waals surface area contributed by atoms with Gasteiger partial charge < -0.3 is 4.90 Å². The van der Waals surface area contributed by atoms with Gasteiger partial charge in [0.1, 0.15) is 6.33 Å². The number of nitro groups is 1. The lowest BCUT2D eigenvalue weighted by atomic mass is 10.2. The van der Waals surface area contributed by atoms with Gasteiger partial charge in [0.15, 0.2) is 0 Å². The molecular formula is C17H15ClN8O3. The third kappa shape index (κ3) is 5.76. The first-order valence-electron chi connectivity index (χ1n) is 8.28. The monoisotopic (exact) mass is 414 g/mol. The van der Waals surface area contributed by atoms with Crippen molar-refractivity contribution in [3.8, 4) is 12.1 Å². The van der Waals surface area contributed by atoms with Crippen molar-refractivity contribution in [1.29, 1.82) is 10.5 Å². The van der Waals surface area contributed by atoms with E-state index >= 15 is 0 Å². The van der Waals surface area contributed by atoms with Crippen LogP contribution in [0.15, 0.2) is 30.6 Å². The van der Waals surface area contributed by atoms with Crippen LogP contribution in [0.4, 0.5) is 17.3 Å². The van der Waals surface area contributed by atoms with Gasteiger partial charge in [-0.1, -0.05) is 17.7 Å².